The molecule has 0 aliphatic rings. The number of likely N-dealkylation sites (N-methyl/N-ethyl adjacent to an activating group) is 1. The van der Waals surface area contributed by atoms with Crippen LogP contribution in [0.25, 0.3) is 0 Å². The smallest absolute Gasteiger partial charge is 0.170 e. The maximum absolute atomic E-state index is 9.35. The number of hydrogen-bond donors (Lipinski definition) is 2. The van der Waals surface area contributed by atoms with Crippen LogP contribution < -0.4 is 5.32 Å². The Bertz CT molecular complexity index is 332. The maximum atomic E-state index is 9.35. The second-order valence-electron chi connectivity index (χ2n) is 4.31. The van der Waals surface area contributed by atoms with Crippen LogP contribution in [0.15, 0.2) is 4.34 Å². The lowest BCUT2D eigenvalue weighted by Crippen LogP contribution is -2.45. The molecule has 6 heteroatoms. The summed E-state index contributed by atoms with van der Waals surface area (Å²) in [6, 6.07) is 0. The van der Waals surface area contributed by atoms with E-state index in [1.165, 1.54) is 11.5 Å². The van der Waals surface area contributed by atoms with Crippen LogP contribution in [0.3, 0.4) is 0 Å². The Balaban J connectivity index is 2.23. The predicted molar refractivity (Wildman–Crippen MR) is 73.8 cm³/mol. The van der Waals surface area contributed by atoms with Gasteiger partial charge in [0.2, 0.25) is 0 Å². The van der Waals surface area contributed by atoms with Gasteiger partial charge in [0, 0.05) is 11.3 Å². The Morgan fingerprint density at radius 1 is 1.53 bits per heavy atom. The number of thioether (sulfide) groups is 1. The summed E-state index contributed by atoms with van der Waals surface area (Å²) in [6.45, 7) is 7.11. The molecule has 0 fully saturated rings. The van der Waals surface area contributed by atoms with Crippen molar-refractivity contribution in [3.63, 3.8) is 0 Å². The number of aromatic nitrogens is 2. The van der Waals surface area contributed by atoms with Crippen LogP contribution >= 0.6 is 23.3 Å². The molecule has 1 unspecified atom stereocenters. The van der Waals surface area contributed by atoms with Crippen molar-refractivity contribution in [1.29, 1.82) is 0 Å². The molecule has 17 heavy (non-hydrogen) atoms. The summed E-state index contributed by atoms with van der Waals surface area (Å²) in [5, 5.41) is 12.7. The lowest BCUT2D eigenvalue weighted by atomic mass is 9.97. The lowest BCUT2D eigenvalue weighted by Gasteiger charge is -2.28. The monoisotopic (exact) mass is 275 g/mol. The Hall–Kier alpha value is -0.170. The Labute approximate surface area is 111 Å². The van der Waals surface area contributed by atoms with Gasteiger partial charge in [-0.2, -0.15) is 4.37 Å². The van der Waals surface area contributed by atoms with Crippen molar-refractivity contribution in [2.45, 2.75) is 43.5 Å². The fourth-order valence-electron chi connectivity index (χ4n) is 1.61. The molecular weight excluding hydrogens is 254 g/mol. The van der Waals surface area contributed by atoms with Crippen molar-refractivity contribution in [2.75, 3.05) is 18.9 Å². The van der Waals surface area contributed by atoms with Gasteiger partial charge in [0.15, 0.2) is 4.34 Å². The number of nitrogens with one attached hydrogen (secondary N) is 1. The van der Waals surface area contributed by atoms with Crippen molar-refractivity contribution in [3.8, 4) is 0 Å². The topological polar surface area (TPSA) is 58.0 Å². The van der Waals surface area contributed by atoms with Crippen molar-refractivity contribution < 1.29 is 5.11 Å². The van der Waals surface area contributed by atoms with Gasteiger partial charge in [-0.15, -0.1) is 0 Å². The highest BCUT2D eigenvalue weighted by atomic mass is 32.2. The van der Waals surface area contributed by atoms with E-state index in [1.807, 2.05) is 6.92 Å². The van der Waals surface area contributed by atoms with Crippen LogP contribution in [0.2, 0.25) is 0 Å². The van der Waals surface area contributed by atoms with Crippen LogP contribution in [-0.4, -0.2) is 38.9 Å². The van der Waals surface area contributed by atoms with Crippen LogP contribution in [0.4, 0.5) is 0 Å². The molecule has 0 aliphatic carbocycles. The molecule has 0 aliphatic heterocycles. The minimum atomic E-state index is -0.146. The highest BCUT2D eigenvalue weighted by molar-refractivity contribution is 8.00. The fourth-order valence-corrected chi connectivity index (χ4v) is 3.27. The van der Waals surface area contributed by atoms with Gasteiger partial charge in [0.25, 0.3) is 0 Å². The summed E-state index contributed by atoms with van der Waals surface area (Å²) >= 11 is 3.21. The molecule has 1 aromatic heterocycles. The van der Waals surface area contributed by atoms with E-state index in [1.54, 1.807) is 11.8 Å². The molecule has 0 aromatic carbocycles. The second kappa shape index (κ2) is 7.31. The largest absolute Gasteiger partial charge is 0.394 e. The van der Waals surface area contributed by atoms with E-state index in [-0.39, 0.29) is 12.1 Å². The van der Waals surface area contributed by atoms with Crippen LogP contribution in [0, 0.1) is 6.92 Å². The van der Waals surface area contributed by atoms with Gasteiger partial charge in [0.1, 0.15) is 5.82 Å². The summed E-state index contributed by atoms with van der Waals surface area (Å²) in [4.78, 5) is 4.31. The van der Waals surface area contributed by atoms with Gasteiger partial charge >= 0.3 is 0 Å². The molecular formula is C11H21N3OS2. The van der Waals surface area contributed by atoms with Crippen LogP contribution in [0.1, 0.15) is 32.5 Å². The molecule has 0 amide bonds. The number of rotatable bonds is 8. The second-order valence-corrected chi connectivity index (χ2v) is 6.40. The molecule has 0 radical (unpaired) electrons. The molecule has 1 aromatic rings. The van der Waals surface area contributed by atoms with Gasteiger partial charge in [-0.1, -0.05) is 18.7 Å². The fraction of sp³-hybridized carbons (Fsp3) is 0.818. The summed E-state index contributed by atoms with van der Waals surface area (Å²) in [5.74, 6) is 1.88. The Morgan fingerprint density at radius 3 is 2.82 bits per heavy atom. The summed E-state index contributed by atoms with van der Waals surface area (Å²) in [5.41, 5.74) is -0.146. The molecule has 1 atom stereocenters. The summed E-state index contributed by atoms with van der Waals surface area (Å²) in [7, 11) is 0. The minimum Gasteiger partial charge on any atom is -0.394 e. The third kappa shape index (κ3) is 5.33. The molecule has 1 rings (SSSR count). The standard InChI is InChI=1S/C11H21N3OS2/c1-4-12-11(3,8-15)6-5-7-16-10-13-9(2)14-17-10/h12,15H,4-8H2,1-3H3. The Morgan fingerprint density at radius 2 is 2.29 bits per heavy atom. The van der Waals surface area contributed by atoms with Crippen molar-refractivity contribution in [3.05, 3.63) is 5.82 Å². The minimum absolute atomic E-state index is 0.146. The first-order chi connectivity index (χ1) is 8.09. The van der Waals surface area contributed by atoms with Gasteiger partial charge in [-0.3, -0.25) is 0 Å². The van der Waals surface area contributed by atoms with Gasteiger partial charge in [-0.05, 0) is 44.8 Å². The summed E-state index contributed by atoms with van der Waals surface area (Å²) < 4.78 is 5.19. The number of aliphatic hydroxyl groups excluding tert-OH is 1. The van der Waals surface area contributed by atoms with Crippen molar-refractivity contribution in [1.82, 2.24) is 14.7 Å². The van der Waals surface area contributed by atoms with E-state index in [0.717, 1.165) is 35.3 Å². The first-order valence-corrected chi connectivity index (χ1v) is 7.64. The van der Waals surface area contributed by atoms with Gasteiger partial charge in [0.05, 0.1) is 6.61 Å². The third-order valence-electron chi connectivity index (χ3n) is 2.56. The number of aryl methyl sites for hydroxylation is 1. The SMILES string of the molecule is CCNC(C)(CO)CCCSc1nc(C)ns1. The van der Waals surface area contributed by atoms with Crippen LogP contribution in [0.5, 0.6) is 0 Å². The molecule has 98 valence electrons. The predicted octanol–water partition coefficient (Wildman–Crippen LogP) is 2.08. The normalized spacial score (nSPS) is 14.8. The van der Waals surface area contributed by atoms with E-state index in [9.17, 15) is 5.11 Å². The van der Waals surface area contributed by atoms with E-state index < -0.39 is 0 Å². The molecule has 2 N–H and O–H groups in total. The number of nitrogens with zero attached hydrogens (tertiary/aromatic N) is 2. The Kier molecular flexibility index (Phi) is 6.40. The highest BCUT2D eigenvalue weighted by Gasteiger charge is 2.20. The molecule has 0 bridgehead atoms. The summed E-state index contributed by atoms with van der Waals surface area (Å²) in [6.07, 6.45) is 2.04. The number of hydrogen-bond acceptors (Lipinski definition) is 6. The number of aliphatic hydroxyl groups is 1. The maximum Gasteiger partial charge on any atom is 0.170 e. The van der Waals surface area contributed by atoms with E-state index >= 15 is 0 Å². The van der Waals surface area contributed by atoms with E-state index in [0.29, 0.717) is 0 Å². The average molecular weight is 275 g/mol. The van der Waals surface area contributed by atoms with Gasteiger partial charge in [-0.25, -0.2) is 4.98 Å². The van der Waals surface area contributed by atoms with Crippen molar-refractivity contribution in [2.24, 2.45) is 0 Å². The molecule has 1 heterocycles. The zero-order chi connectivity index (χ0) is 12.7. The average Bonchev–Trinajstić information content (AvgIpc) is 2.71. The molecule has 0 saturated carbocycles. The highest BCUT2D eigenvalue weighted by Crippen LogP contribution is 2.22. The molecule has 0 saturated heterocycles. The van der Waals surface area contributed by atoms with Gasteiger partial charge < -0.3 is 10.4 Å². The quantitative estimate of drug-likeness (QED) is 0.562. The lowest BCUT2D eigenvalue weighted by molar-refractivity contribution is 0.167. The first-order valence-electron chi connectivity index (χ1n) is 5.88. The van der Waals surface area contributed by atoms with E-state index in [4.69, 9.17) is 0 Å². The van der Waals surface area contributed by atoms with E-state index in [2.05, 4.69) is 28.5 Å². The zero-order valence-electron chi connectivity index (χ0n) is 10.7. The first kappa shape index (κ1) is 14.9. The zero-order valence-corrected chi connectivity index (χ0v) is 12.3. The molecule has 4 nitrogen and oxygen atoms in total. The molecule has 0 spiro atoms. The van der Waals surface area contributed by atoms with Crippen LogP contribution in [-0.2, 0) is 0 Å². The third-order valence-corrected chi connectivity index (χ3v) is 4.57. The van der Waals surface area contributed by atoms with Crippen molar-refractivity contribution >= 4 is 23.3 Å².